The zero-order chi connectivity index (χ0) is 31.8. The number of hydrogen-bond acceptors (Lipinski definition) is 8. The van der Waals surface area contributed by atoms with E-state index in [0.29, 0.717) is 24.5 Å². The number of likely N-dealkylation sites (tertiary alicyclic amines) is 1. The van der Waals surface area contributed by atoms with E-state index in [9.17, 15) is 24.3 Å². The first-order valence-corrected chi connectivity index (χ1v) is 16.6. The number of carbonyl (C=O) groups is 4. The first-order valence-electron chi connectivity index (χ1n) is 14.7. The summed E-state index contributed by atoms with van der Waals surface area (Å²) in [6.45, 7) is 2.76. The van der Waals surface area contributed by atoms with Crippen molar-refractivity contribution in [2.75, 3.05) is 48.7 Å². The highest BCUT2D eigenvalue weighted by molar-refractivity contribution is 9.09. The zero-order valence-corrected chi connectivity index (χ0v) is 27.3. The lowest BCUT2D eigenvalue weighted by Crippen LogP contribution is -2.60. The first-order chi connectivity index (χ1) is 21.6. The average Bonchev–Trinajstić information content (AvgIpc) is 3.39. The summed E-state index contributed by atoms with van der Waals surface area (Å²) < 4.78 is 11.1. The molecular formula is C32H30BrCl2N3O7. The third kappa shape index (κ3) is 4.16. The summed E-state index contributed by atoms with van der Waals surface area (Å²) in [5, 5.41) is 11.2. The third-order valence-electron chi connectivity index (χ3n) is 10.1. The molecule has 4 amide bonds. The van der Waals surface area contributed by atoms with Crippen molar-refractivity contribution in [3.63, 3.8) is 0 Å². The predicted octanol–water partition coefficient (Wildman–Crippen LogP) is 4.15. The molecule has 236 valence electrons. The Morgan fingerprint density at radius 2 is 1.67 bits per heavy atom. The Hall–Kier alpha value is -3.12. The summed E-state index contributed by atoms with van der Waals surface area (Å²) in [7, 11) is 1.42. The molecule has 5 aliphatic rings. The van der Waals surface area contributed by atoms with Crippen molar-refractivity contribution in [1.82, 2.24) is 4.90 Å². The highest BCUT2D eigenvalue weighted by Crippen LogP contribution is 2.67. The van der Waals surface area contributed by atoms with Gasteiger partial charge in [-0.1, -0.05) is 33.6 Å². The van der Waals surface area contributed by atoms with Crippen molar-refractivity contribution in [2.45, 2.75) is 28.5 Å². The Kier molecular flexibility index (Phi) is 7.46. The van der Waals surface area contributed by atoms with Crippen LogP contribution in [0.3, 0.4) is 0 Å². The molecule has 3 heterocycles. The number of alkyl halides is 3. The van der Waals surface area contributed by atoms with Crippen molar-refractivity contribution < 1.29 is 33.8 Å². The van der Waals surface area contributed by atoms with Crippen molar-refractivity contribution >= 4 is 74.1 Å². The topological polar surface area (TPSA) is 117 Å². The second-order valence-corrected chi connectivity index (χ2v) is 13.8. The number of phenolic OH excluding ortho intramolecular Hbond substituents is 1. The van der Waals surface area contributed by atoms with E-state index >= 15 is 0 Å². The minimum atomic E-state index is -2.04. The summed E-state index contributed by atoms with van der Waals surface area (Å²) in [4.78, 5) is 56.4. The number of imide groups is 2. The number of phenols is 1. The fraction of sp³-hybridized carbons (Fsp3) is 0.438. The Bertz CT molecular complexity index is 1650. The van der Waals surface area contributed by atoms with Gasteiger partial charge in [-0.15, -0.1) is 23.2 Å². The average molecular weight is 719 g/mol. The van der Waals surface area contributed by atoms with Gasteiger partial charge in [-0.3, -0.25) is 29.0 Å². The smallest absolute Gasteiger partial charge is 0.254 e. The van der Waals surface area contributed by atoms with E-state index in [1.54, 1.807) is 24.3 Å². The van der Waals surface area contributed by atoms with Crippen LogP contribution in [-0.4, -0.2) is 82.3 Å². The van der Waals surface area contributed by atoms with Gasteiger partial charge in [0.2, 0.25) is 11.8 Å². The molecule has 0 radical (unpaired) electrons. The lowest BCUT2D eigenvalue weighted by molar-refractivity contribution is -0.138. The van der Waals surface area contributed by atoms with E-state index in [0.717, 1.165) is 23.7 Å². The number of hydrogen-bond donors (Lipinski definition) is 1. The van der Waals surface area contributed by atoms with Gasteiger partial charge in [0.1, 0.15) is 11.5 Å². The van der Waals surface area contributed by atoms with E-state index in [4.69, 9.17) is 32.7 Å². The molecule has 3 aliphatic heterocycles. The Balaban J connectivity index is 1.32. The van der Waals surface area contributed by atoms with Crippen molar-refractivity contribution in [2.24, 2.45) is 17.8 Å². The van der Waals surface area contributed by atoms with Crippen LogP contribution in [0.25, 0.3) is 0 Å². The molecule has 0 aromatic heterocycles. The maximum absolute atomic E-state index is 14.3. The monoisotopic (exact) mass is 717 g/mol. The number of nitrogens with zero attached hydrogens (tertiary/aromatic N) is 3. The highest BCUT2D eigenvalue weighted by Gasteiger charge is 2.76. The fourth-order valence-electron chi connectivity index (χ4n) is 7.96. The second kappa shape index (κ2) is 11.0. The maximum Gasteiger partial charge on any atom is 0.254 e. The number of allylic oxidation sites excluding steroid dienone is 2. The van der Waals surface area contributed by atoms with Crippen LogP contribution >= 0.6 is 39.1 Å². The van der Waals surface area contributed by atoms with Crippen LogP contribution in [0.2, 0.25) is 0 Å². The van der Waals surface area contributed by atoms with Crippen molar-refractivity contribution in [3.8, 4) is 11.5 Å². The van der Waals surface area contributed by atoms with Gasteiger partial charge in [0.05, 0.1) is 43.3 Å². The third-order valence-corrected chi connectivity index (χ3v) is 12.0. The molecule has 1 saturated carbocycles. The lowest BCUT2D eigenvalue weighted by Gasteiger charge is -2.50. The number of ether oxygens (including phenoxy) is 2. The lowest BCUT2D eigenvalue weighted by atomic mass is 9.56. The molecule has 1 N–H and O–H groups in total. The summed E-state index contributed by atoms with van der Waals surface area (Å²) in [6, 6.07) is 12.0. The SMILES string of the molecule is COc1cccc(O)c1C1C2=CCC3C(=O)N(c4ccc(N5CCOCC5)cc4)C(=O)C3C2CC2(Cl)C(=O)N(CBr)C(=O)C12Cl. The normalized spacial score (nSPS) is 32.8. The zero-order valence-electron chi connectivity index (χ0n) is 24.3. The summed E-state index contributed by atoms with van der Waals surface area (Å²) >= 11 is 17.8. The van der Waals surface area contributed by atoms with Crippen LogP contribution in [0.1, 0.15) is 24.3 Å². The highest BCUT2D eigenvalue weighted by atomic mass is 79.9. The van der Waals surface area contributed by atoms with E-state index in [-0.39, 0.29) is 41.3 Å². The van der Waals surface area contributed by atoms with Crippen LogP contribution in [-0.2, 0) is 23.9 Å². The number of halogens is 3. The van der Waals surface area contributed by atoms with Crippen LogP contribution in [0.4, 0.5) is 11.4 Å². The number of morpholine rings is 1. The van der Waals surface area contributed by atoms with Gasteiger partial charge in [0, 0.05) is 30.3 Å². The number of anilines is 2. The number of methoxy groups -OCH3 is 1. The Morgan fingerprint density at radius 3 is 2.33 bits per heavy atom. The van der Waals surface area contributed by atoms with Gasteiger partial charge in [0.25, 0.3) is 11.8 Å². The van der Waals surface area contributed by atoms with Gasteiger partial charge in [-0.2, -0.15) is 0 Å². The molecule has 45 heavy (non-hydrogen) atoms. The fourth-order valence-corrected chi connectivity index (χ4v) is 9.37. The molecule has 13 heteroatoms. The first kappa shape index (κ1) is 30.5. The van der Waals surface area contributed by atoms with E-state index in [1.807, 2.05) is 18.2 Å². The van der Waals surface area contributed by atoms with Crippen LogP contribution in [0.15, 0.2) is 54.1 Å². The molecule has 2 aliphatic carbocycles. The van der Waals surface area contributed by atoms with Gasteiger partial charge >= 0.3 is 0 Å². The molecular weight excluding hydrogens is 689 g/mol. The van der Waals surface area contributed by atoms with E-state index in [1.165, 1.54) is 18.1 Å². The number of benzene rings is 2. The number of carbonyl (C=O) groups excluding carboxylic acids is 4. The minimum absolute atomic E-state index is 0.139. The molecule has 0 bridgehead atoms. The standard InChI is InChI=1S/C32H30BrCl2N3O7/c1-44-23-4-2-3-22(39)25(23)26-19-9-10-20-24(21(19)15-31(34)29(42)37(16-33)30(43)32(26,31)35)28(41)38(27(20)40)18-7-5-17(6-8-18)36-11-13-45-14-12-36/h2-9,20-21,24,26,39H,10-16H2,1H3. The van der Waals surface area contributed by atoms with Gasteiger partial charge in [-0.05, 0) is 55.2 Å². The molecule has 2 aromatic rings. The quantitative estimate of drug-likeness (QED) is 0.212. The number of aromatic hydroxyl groups is 1. The van der Waals surface area contributed by atoms with Crippen LogP contribution < -0.4 is 14.5 Å². The van der Waals surface area contributed by atoms with Crippen molar-refractivity contribution in [1.29, 1.82) is 0 Å². The van der Waals surface area contributed by atoms with E-state index in [2.05, 4.69) is 20.8 Å². The molecule has 4 fully saturated rings. The molecule has 2 aromatic carbocycles. The molecule has 3 saturated heterocycles. The summed E-state index contributed by atoms with van der Waals surface area (Å²) in [6.07, 6.45) is 1.89. The van der Waals surface area contributed by atoms with Gasteiger partial charge < -0.3 is 19.5 Å². The van der Waals surface area contributed by atoms with Crippen LogP contribution in [0, 0.1) is 17.8 Å². The van der Waals surface area contributed by atoms with Crippen LogP contribution in [0.5, 0.6) is 11.5 Å². The molecule has 10 nitrogen and oxygen atoms in total. The Labute approximate surface area is 277 Å². The molecule has 6 unspecified atom stereocenters. The van der Waals surface area contributed by atoms with Gasteiger partial charge in [-0.25, -0.2) is 0 Å². The van der Waals surface area contributed by atoms with Gasteiger partial charge in [0.15, 0.2) is 9.75 Å². The van der Waals surface area contributed by atoms with Crippen molar-refractivity contribution in [3.05, 3.63) is 59.7 Å². The maximum atomic E-state index is 14.3. The minimum Gasteiger partial charge on any atom is -0.508 e. The Morgan fingerprint density at radius 1 is 0.978 bits per heavy atom. The second-order valence-electron chi connectivity index (χ2n) is 12.0. The predicted molar refractivity (Wildman–Crippen MR) is 170 cm³/mol. The largest absolute Gasteiger partial charge is 0.508 e. The molecule has 6 atom stereocenters. The number of rotatable bonds is 5. The summed E-state index contributed by atoms with van der Waals surface area (Å²) in [5.41, 5.74) is 2.06. The summed E-state index contributed by atoms with van der Waals surface area (Å²) in [5.74, 6) is -5.50. The number of amides is 4. The molecule has 7 rings (SSSR count). The van der Waals surface area contributed by atoms with E-state index < -0.39 is 51.1 Å². The number of fused-ring (bicyclic) bond motifs is 4. The molecule has 0 spiro atoms.